The van der Waals surface area contributed by atoms with Gasteiger partial charge in [0.2, 0.25) is 5.91 Å². The number of ether oxygens (including phenoxy) is 1. The number of carbonyl (C=O) groups excluding carboxylic acids is 1. The van der Waals surface area contributed by atoms with Crippen LogP contribution in [0.3, 0.4) is 0 Å². The Bertz CT molecular complexity index is 603. The predicted molar refractivity (Wildman–Crippen MR) is 122 cm³/mol. The number of hydrogen-bond acceptors (Lipinski definition) is 3. The maximum absolute atomic E-state index is 12.3. The number of benzene rings is 1. The van der Waals surface area contributed by atoms with Gasteiger partial charge in [-0.2, -0.15) is 0 Å². The molecule has 0 aliphatic heterocycles. The van der Waals surface area contributed by atoms with Crippen molar-refractivity contribution in [3.63, 3.8) is 0 Å². The lowest BCUT2D eigenvalue weighted by atomic mass is 10.1. The van der Waals surface area contributed by atoms with Crippen LogP contribution in [0, 0.1) is 5.92 Å². The Balaban J connectivity index is 0.00000364. The van der Waals surface area contributed by atoms with Gasteiger partial charge in [0, 0.05) is 31.3 Å². The number of aliphatic imine (C=N–C) groups is 1. The molecule has 0 spiro atoms. The highest BCUT2D eigenvalue weighted by Gasteiger charge is 2.22. The van der Waals surface area contributed by atoms with Crippen molar-refractivity contribution >= 4 is 41.5 Å². The zero-order valence-electron chi connectivity index (χ0n) is 16.6. The number of amides is 1. The van der Waals surface area contributed by atoms with Crippen LogP contribution in [0.4, 0.5) is 5.69 Å². The predicted octanol–water partition coefficient (Wildman–Crippen LogP) is 3.52. The number of guanidine groups is 1. The third-order valence-corrected chi connectivity index (χ3v) is 4.48. The Morgan fingerprint density at radius 1 is 1.33 bits per heavy atom. The number of nitrogens with zero attached hydrogens (tertiary/aromatic N) is 1. The van der Waals surface area contributed by atoms with Gasteiger partial charge in [-0.25, -0.2) is 4.99 Å². The van der Waals surface area contributed by atoms with Crippen molar-refractivity contribution < 1.29 is 9.53 Å². The molecule has 1 fully saturated rings. The van der Waals surface area contributed by atoms with E-state index >= 15 is 0 Å². The molecule has 1 saturated carbocycles. The van der Waals surface area contributed by atoms with Crippen molar-refractivity contribution in [3.05, 3.63) is 29.8 Å². The molecular formula is C20H33IN4O2. The van der Waals surface area contributed by atoms with Crippen molar-refractivity contribution in [1.29, 1.82) is 0 Å². The van der Waals surface area contributed by atoms with Crippen molar-refractivity contribution in [2.75, 3.05) is 25.6 Å². The Morgan fingerprint density at radius 3 is 2.74 bits per heavy atom. The van der Waals surface area contributed by atoms with Crippen molar-refractivity contribution in [1.82, 2.24) is 10.6 Å². The zero-order valence-corrected chi connectivity index (χ0v) is 18.9. The van der Waals surface area contributed by atoms with Crippen LogP contribution in [0.5, 0.6) is 0 Å². The number of hydrogen-bond donors (Lipinski definition) is 3. The normalized spacial score (nSPS) is 15.7. The van der Waals surface area contributed by atoms with Crippen LogP contribution in [0.15, 0.2) is 29.3 Å². The second-order valence-corrected chi connectivity index (χ2v) is 6.87. The number of carbonyl (C=O) groups is 1. The van der Waals surface area contributed by atoms with Crippen LogP contribution in [-0.2, 0) is 16.1 Å². The molecule has 152 valence electrons. The molecule has 1 amide bonds. The molecule has 0 radical (unpaired) electrons. The molecule has 1 aliphatic rings. The molecule has 6 nitrogen and oxygen atoms in total. The van der Waals surface area contributed by atoms with E-state index in [4.69, 9.17) is 4.74 Å². The molecule has 1 atom stereocenters. The SMILES string of the molecule is CCNC(=NCc1cccc(NC(=O)C2CCCC2)c1)NC(C)COC.I. The van der Waals surface area contributed by atoms with E-state index in [1.807, 2.05) is 31.2 Å². The standard InChI is InChI=1S/C20H32N4O2.HI/c1-4-21-20(23-15(2)14-26-3)22-13-16-8-7-11-18(12-16)24-19(25)17-9-5-6-10-17;/h7-8,11-12,15,17H,4-6,9-10,13-14H2,1-3H3,(H,24,25)(H2,21,22,23);1H. The van der Waals surface area contributed by atoms with Crippen LogP contribution in [-0.4, -0.2) is 38.2 Å². The van der Waals surface area contributed by atoms with E-state index < -0.39 is 0 Å². The maximum atomic E-state index is 12.3. The summed E-state index contributed by atoms with van der Waals surface area (Å²) >= 11 is 0. The summed E-state index contributed by atoms with van der Waals surface area (Å²) in [7, 11) is 1.69. The van der Waals surface area contributed by atoms with E-state index in [0.717, 1.165) is 49.4 Å². The van der Waals surface area contributed by atoms with Gasteiger partial charge in [0.15, 0.2) is 5.96 Å². The molecule has 1 aromatic rings. The lowest BCUT2D eigenvalue weighted by Crippen LogP contribution is -2.43. The van der Waals surface area contributed by atoms with Gasteiger partial charge >= 0.3 is 0 Å². The first-order valence-electron chi connectivity index (χ1n) is 9.56. The van der Waals surface area contributed by atoms with Crippen LogP contribution in [0.25, 0.3) is 0 Å². The summed E-state index contributed by atoms with van der Waals surface area (Å²) in [6.07, 6.45) is 4.34. The third kappa shape index (κ3) is 8.47. The number of anilines is 1. The monoisotopic (exact) mass is 488 g/mol. The highest BCUT2D eigenvalue weighted by atomic mass is 127. The number of nitrogens with one attached hydrogen (secondary N) is 3. The number of rotatable bonds is 8. The van der Waals surface area contributed by atoms with Crippen LogP contribution in [0.2, 0.25) is 0 Å². The summed E-state index contributed by atoms with van der Waals surface area (Å²) in [6.45, 7) is 6.05. The largest absolute Gasteiger partial charge is 0.383 e. The van der Waals surface area contributed by atoms with Gasteiger partial charge < -0.3 is 20.7 Å². The summed E-state index contributed by atoms with van der Waals surface area (Å²) in [5.74, 6) is 1.08. The molecule has 2 rings (SSSR count). The van der Waals surface area contributed by atoms with Crippen molar-refractivity contribution in [2.24, 2.45) is 10.9 Å². The number of halogens is 1. The second-order valence-electron chi connectivity index (χ2n) is 6.87. The molecular weight excluding hydrogens is 455 g/mol. The first kappa shape index (κ1) is 23.7. The van der Waals surface area contributed by atoms with Gasteiger partial charge in [0.25, 0.3) is 0 Å². The van der Waals surface area contributed by atoms with Crippen LogP contribution in [0.1, 0.15) is 45.1 Å². The Labute approximate surface area is 179 Å². The zero-order chi connectivity index (χ0) is 18.8. The van der Waals surface area contributed by atoms with E-state index in [9.17, 15) is 4.79 Å². The van der Waals surface area contributed by atoms with Gasteiger partial charge in [-0.3, -0.25) is 4.79 Å². The van der Waals surface area contributed by atoms with Gasteiger partial charge in [-0.15, -0.1) is 24.0 Å². The summed E-state index contributed by atoms with van der Waals surface area (Å²) in [4.78, 5) is 16.9. The van der Waals surface area contributed by atoms with Crippen molar-refractivity contribution in [3.8, 4) is 0 Å². The van der Waals surface area contributed by atoms with E-state index in [1.54, 1.807) is 7.11 Å². The van der Waals surface area contributed by atoms with E-state index in [0.29, 0.717) is 13.2 Å². The number of methoxy groups -OCH3 is 1. The fraction of sp³-hybridized carbons (Fsp3) is 0.600. The first-order chi connectivity index (χ1) is 12.6. The van der Waals surface area contributed by atoms with Gasteiger partial charge in [0.05, 0.1) is 13.2 Å². The van der Waals surface area contributed by atoms with Crippen molar-refractivity contribution in [2.45, 2.75) is 52.1 Å². The minimum absolute atomic E-state index is 0. The molecule has 0 heterocycles. The summed E-state index contributed by atoms with van der Waals surface area (Å²) in [6, 6.07) is 8.09. The summed E-state index contributed by atoms with van der Waals surface area (Å²) in [5, 5.41) is 9.61. The molecule has 7 heteroatoms. The molecule has 1 aromatic carbocycles. The smallest absolute Gasteiger partial charge is 0.227 e. The summed E-state index contributed by atoms with van der Waals surface area (Å²) in [5.41, 5.74) is 1.91. The average molecular weight is 488 g/mol. The van der Waals surface area contributed by atoms with Gasteiger partial charge in [-0.05, 0) is 44.4 Å². The lowest BCUT2D eigenvalue weighted by Gasteiger charge is -2.17. The first-order valence-corrected chi connectivity index (χ1v) is 9.56. The Morgan fingerprint density at radius 2 is 2.07 bits per heavy atom. The quantitative estimate of drug-likeness (QED) is 0.298. The second kappa shape index (κ2) is 12.9. The Hall–Kier alpha value is -1.35. The van der Waals surface area contributed by atoms with E-state index in [1.165, 1.54) is 0 Å². The topological polar surface area (TPSA) is 74.8 Å². The molecule has 1 aliphatic carbocycles. The van der Waals surface area contributed by atoms with E-state index in [-0.39, 0.29) is 41.8 Å². The maximum Gasteiger partial charge on any atom is 0.227 e. The molecule has 27 heavy (non-hydrogen) atoms. The Kier molecular flexibility index (Phi) is 11.3. The molecule has 0 bridgehead atoms. The molecule has 1 unspecified atom stereocenters. The third-order valence-electron chi connectivity index (χ3n) is 4.48. The summed E-state index contributed by atoms with van der Waals surface area (Å²) < 4.78 is 5.15. The molecule has 0 aromatic heterocycles. The lowest BCUT2D eigenvalue weighted by molar-refractivity contribution is -0.119. The van der Waals surface area contributed by atoms with Crippen LogP contribution < -0.4 is 16.0 Å². The fourth-order valence-corrected chi connectivity index (χ4v) is 3.20. The van der Waals surface area contributed by atoms with Gasteiger partial charge in [0.1, 0.15) is 0 Å². The molecule has 0 saturated heterocycles. The minimum Gasteiger partial charge on any atom is -0.383 e. The highest BCUT2D eigenvalue weighted by molar-refractivity contribution is 14.0. The van der Waals surface area contributed by atoms with E-state index in [2.05, 4.69) is 27.9 Å². The van der Waals surface area contributed by atoms with Gasteiger partial charge in [-0.1, -0.05) is 25.0 Å². The highest BCUT2D eigenvalue weighted by Crippen LogP contribution is 2.26. The average Bonchev–Trinajstić information content (AvgIpc) is 3.15. The minimum atomic E-state index is 0. The fourth-order valence-electron chi connectivity index (χ4n) is 3.20. The van der Waals surface area contributed by atoms with Crippen LogP contribution >= 0.6 is 24.0 Å². The molecule has 3 N–H and O–H groups in total.